The number of carboxylic acid groups (broad SMARTS) is 1. The summed E-state index contributed by atoms with van der Waals surface area (Å²) in [6.45, 7) is 0.623. The van der Waals surface area contributed by atoms with E-state index in [1.54, 1.807) is 11.8 Å². The number of nitrogens with two attached hydrogens (primary N) is 1. The molecule has 0 aromatic heterocycles. The molecule has 5 nitrogen and oxygen atoms in total. The molecule has 0 bridgehead atoms. The molecule has 0 aromatic carbocycles. The fourth-order valence-electron chi connectivity index (χ4n) is 2.37. The number of nitrogens with one attached hydrogen (secondary N) is 1. The average Bonchev–Trinajstić information content (AvgIpc) is 2.42. The normalized spacial score (nSPS) is 24.7. The first-order valence-electron chi connectivity index (χ1n) is 6.79. The standard InChI is InChI=1S/C13H24N2O3S/c1-19-7-6-11(14)12(16)15-8-9-2-4-10(5-3-9)13(17)18/h9-11H,2-8,14H2,1H3,(H,15,16)(H,17,18)/t9-,10-,11-/m0/s1. The molecule has 1 amide bonds. The lowest BCUT2D eigenvalue weighted by Crippen LogP contribution is -2.43. The fraction of sp³-hybridized carbons (Fsp3) is 0.846. The molecule has 1 aliphatic rings. The Morgan fingerprint density at radius 3 is 2.53 bits per heavy atom. The highest BCUT2D eigenvalue weighted by Crippen LogP contribution is 2.28. The van der Waals surface area contributed by atoms with Crippen LogP contribution in [-0.2, 0) is 9.59 Å². The van der Waals surface area contributed by atoms with Crippen molar-refractivity contribution in [2.45, 2.75) is 38.1 Å². The van der Waals surface area contributed by atoms with Gasteiger partial charge in [-0.2, -0.15) is 11.8 Å². The number of carbonyl (C=O) groups is 2. The highest BCUT2D eigenvalue weighted by molar-refractivity contribution is 7.98. The first-order chi connectivity index (χ1) is 9.04. The van der Waals surface area contributed by atoms with Gasteiger partial charge in [-0.1, -0.05) is 0 Å². The minimum absolute atomic E-state index is 0.0885. The van der Waals surface area contributed by atoms with Gasteiger partial charge in [-0.05, 0) is 50.0 Å². The van der Waals surface area contributed by atoms with Crippen molar-refractivity contribution >= 4 is 23.6 Å². The van der Waals surface area contributed by atoms with Gasteiger partial charge in [-0.3, -0.25) is 9.59 Å². The predicted octanol–water partition coefficient (Wildman–Crippen LogP) is 1.07. The number of hydrogen-bond acceptors (Lipinski definition) is 4. The summed E-state index contributed by atoms with van der Waals surface area (Å²) in [5.41, 5.74) is 5.78. The topological polar surface area (TPSA) is 92.4 Å². The van der Waals surface area contributed by atoms with Gasteiger partial charge in [0.25, 0.3) is 0 Å². The van der Waals surface area contributed by atoms with Gasteiger partial charge in [0, 0.05) is 6.54 Å². The Bertz CT molecular complexity index is 304. The molecule has 1 fully saturated rings. The Morgan fingerprint density at radius 2 is 2.00 bits per heavy atom. The summed E-state index contributed by atoms with van der Waals surface area (Å²) in [5.74, 6) is 0.303. The van der Waals surface area contributed by atoms with Crippen molar-refractivity contribution in [2.75, 3.05) is 18.6 Å². The zero-order valence-electron chi connectivity index (χ0n) is 11.4. The van der Waals surface area contributed by atoms with E-state index < -0.39 is 12.0 Å². The summed E-state index contributed by atoms with van der Waals surface area (Å²) in [5, 5.41) is 11.8. The molecule has 0 saturated heterocycles. The van der Waals surface area contributed by atoms with Crippen LogP contribution < -0.4 is 11.1 Å². The molecule has 110 valence electrons. The smallest absolute Gasteiger partial charge is 0.306 e. The third kappa shape index (κ3) is 5.82. The summed E-state index contributed by atoms with van der Waals surface area (Å²) in [6.07, 6.45) is 5.86. The van der Waals surface area contributed by atoms with Crippen molar-refractivity contribution in [3.63, 3.8) is 0 Å². The first kappa shape index (κ1) is 16.3. The van der Waals surface area contributed by atoms with Crippen LogP contribution in [0, 0.1) is 11.8 Å². The number of hydrogen-bond donors (Lipinski definition) is 3. The Morgan fingerprint density at radius 1 is 1.37 bits per heavy atom. The van der Waals surface area contributed by atoms with Crippen molar-refractivity contribution in [1.82, 2.24) is 5.32 Å². The quantitative estimate of drug-likeness (QED) is 0.652. The van der Waals surface area contributed by atoms with Gasteiger partial charge in [0.2, 0.25) is 5.91 Å². The molecule has 19 heavy (non-hydrogen) atoms. The molecule has 1 aliphatic carbocycles. The number of aliphatic carboxylic acids is 1. The summed E-state index contributed by atoms with van der Waals surface area (Å²) < 4.78 is 0. The minimum atomic E-state index is -0.693. The van der Waals surface area contributed by atoms with E-state index >= 15 is 0 Å². The first-order valence-corrected chi connectivity index (χ1v) is 8.19. The van der Waals surface area contributed by atoms with E-state index in [9.17, 15) is 9.59 Å². The van der Waals surface area contributed by atoms with Crippen LogP contribution in [0.1, 0.15) is 32.1 Å². The van der Waals surface area contributed by atoms with Crippen molar-refractivity contribution in [1.29, 1.82) is 0 Å². The van der Waals surface area contributed by atoms with E-state index in [0.29, 0.717) is 31.7 Å². The van der Waals surface area contributed by atoms with Gasteiger partial charge in [0.1, 0.15) is 0 Å². The van der Waals surface area contributed by atoms with E-state index in [2.05, 4.69) is 5.32 Å². The van der Waals surface area contributed by atoms with Gasteiger partial charge >= 0.3 is 5.97 Å². The van der Waals surface area contributed by atoms with Gasteiger partial charge in [-0.25, -0.2) is 0 Å². The van der Waals surface area contributed by atoms with Crippen LogP contribution in [0.3, 0.4) is 0 Å². The van der Waals surface area contributed by atoms with Gasteiger partial charge in [0.15, 0.2) is 0 Å². The van der Waals surface area contributed by atoms with Crippen LogP contribution in [0.15, 0.2) is 0 Å². The zero-order valence-corrected chi connectivity index (χ0v) is 12.2. The van der Waals surface area contributed by atoms with E-state index in [1.165, 1.54) is 0 Å². The number of rotatable bonds is 7. The van der Waals surface area contributed by atoms with Gasteiger partial charge < -0.3 is 16.2 Å². The maximum atomic E-state index is 11.7. The molecular weight excluding hydrogens is 264 g/mol. The van der Waals surface area contributed by atoms with Crippen LogP contribution >= 0.6 is 11.8 Å². The molecule has 4 N–H and O–H groups in total. The Labute approximate surface area is 118 Å². The second kappa shape index (κ2) is 8.43. The summed E-state index contributed by atoms with van der Waals surface area (Å²) in [7, 11) is 0. The number of carboxylic acids is 1. The van der Waals surface area contributed by atoms with Crippen LogP contribution in [-0.4, -0.2) is 41.6 Å². The zero-order chi connectivity index (χ0) is 14.3. The van der Waals surface area contributed by atoms with Crippen molar-refractivity contribution < 1.29 is 14.7 Å². The number of thioether (sulfide) groups is 1. The van der Waals surface area contributed by atoms with E-state index in [-0.39, 0.29) is 11.8 Å². The Hall–Kier alpha value is -0.750. The summed E-state index contributed by atoms with van der Waals surface area (Å²) in [6, 6.07) is -0.428. The molecule has 0 spiro atoms. The van der Waals surface area contributed by atoms with Crippen LogP contribution in [0.25, 0.3) is 0 Å². The van der Waals surface area contributed by atoms with Crippen molar-refractivity contribution in [3.8, 4) is 0 Å². The summed E-state index contributed by atoms with van der Waals surface area (Å²) in [4.78, 5) is 22.6. The molecule has 0 unspecified atom stereocenters. The predicted molar refractivity (Wildman–Crippen MR) is 77.1 cm³/mol. The monoisotopic (exact) mass is 288 g/mol. The maximum absolute atomic E-state index is 11.7. The fourth-order valence-corrected chi connectivity index (χ4v) is 2.86. The van der Waals surface area contributed by atoms with Crippen LogP contribution in [0.4, 0.5) is 0 Å². The second-order valence-corrected chi connectivity index (χ2v) is 6.17. The molecule has 1 rings (SSSR count). The lowest BCUT2D eigenvalue weighted by Gasteiger charge is -2.26. The molecule has 1 saturated carbocycles. The maximum Gasteiger partial charge on any atom is 0.306 e. The Balaban J connectivity index is 2.19. The summed E-state index contributed by atoms with van der Waals surface area (Å²) >= 11 is 1.68. The average molecular weight is 288 g/mol. The largest absolute Gasteiger partial charge is 0.481 e. The lowest BCUT2D eigenvalue weighted by atomic mass is 9.82. The molecule has 0 aliphatic heterocycles. The third-order valence-corrected chi connectivity index (χ3v) is 4.37. The number of carbonyl (C=O) groups excluding carboxylic acids is 1. The van der Waals surface area contributed by atoms with E-state index in [4.69, 9.17) is 10.8 Å². The van der Waals surface area contributed by atoms with Crippen molar-refractivity contribution in [3.05, 3.63) is 0 Å². The molecule has 6 heteroatoms. The van der Waals surface area contributed by atoms with Crippen molar-refractivity contribution in [2.24, 2.45) is 17.6 Å². The third-order valence-electron chi connectivity index (χ3n) is 3.73. The molecule has 1 atom stereocenters. The van der Waals surface area contributed by atoms with E-state index in [0.717, 1.165) is 18.6 Å². The number of amides is 1. The molecule has 0 heterocycles. The second-order valence-electron chi connectivity index (χ2n) is 5.19. The minimum Gasteiger partial charge on any atom is -0.481 e. The molecule has 0 aromatic rings. The van der Waals surface area contributed by atoms with Gasteiger partial charge in [0.05, 0.1) is 12.0 Å². The molecular formula is C13H24N2O3S. The van der Waals surface area contributed by atoms with Crippen LogP contribution in [0.2, 0.25) is 0 Å². The molecule has 0 radical (unpaired) electrons. The van der Waals surface area contributed by atoms with E-state index in [1.807, 2.05) is 6.26 Å². The van der Waals surface area contributed by atoms with Crippen LogP contribution in [0.5, 0.6) is 0 Å². The van der Waals surface area contributed by atoms with Gasteiger partial charge in [-0.15, -0.1) is 0 Å². The highest BCUT2D eigenvalue weighted by atomic mass is 32.2. The highest BCUT2D eigenvalue weighted by Gasteiger charge is 2.26. The Kier molecular flexibility index (Phi) is 7.23. The SMILES string of the molecule is CSCC[C@H](N)C(=O)NC[C@H]1CC[C@H](C(=O)O)CC1. The lowest BCUT2D eigenvalue weighted by molar-refractivity contribution is -0.143.